The second kappa shape index (κ2) is 6.28. The number of aryl methyl sites for hydroxylation is 1. The van der Waals surface area contributed by atoms with Crippen LogP contribution in [0.1, 0.15) is 30.9 Å². The summed E-state index contributed by atoms with van der Waals surface area (Å²) in [6, 6.07) is 4.79. The molecule has 1 aromatic rings. The van der Waals surface area contributed by atoms with Crippen molar-refractivity contribution in [2.24, 2.45) is 0 Å². The minimum absolute atomic E-state index is 0.00868. The van der Waals surface area contributed by atoms with Gasteiger partial charge >= 0.3 is 0 Å². The molecule has 0 spiro atoms. The van der Waals surface area contributed by atoms with Crippen molar-refractivity contribution in [2.75, 3.05) is 7.05 Å². The normalized spacial score (nSPS) is 10.2. The van der Waals surface area contributed by atoms with Crippen molar-refractivity contribution in [3.8, 4) is 0 Å². The van der Waals surface area contributed by atoms with E-state index in [0.29, 0.717) is 12.1 Å². The van der Waals surface area contributed by atoms with Crippen molar-refractivity contribution in [2.45, 2.75) is 33.2 Å². The van der Waals surface area contributed by atoms with Crippen LogP contribution in [0.3, 0.4) is 0 Å². The fourth-order valence-corrected chi connectivity index (χ4v) is 1.64. The Hall–Kier alpha value is -1.71. The zero-order valence-corrected chi connectivity index (χ0v) is 11.0. The fourth-order valence-electron chi connectivity index (χ4n) is 1.64. The van der Waals surface area contributed by atoms with E-state index in [1.165, 1.54) is 13.0 Å². The number of ketones is 1. The standard InChI is InChI=1S/C14H18FNO2/c1-10-8-12(5-6-13(10)15)9-16(3)14(18)7-4-11(2)17/h5-6,8H,4,7,9H2,1-3H3. The molecule has 1 amide bonds. The molecule has 0 aliphatic rings. The molecule has 0 aromatic heterocycles. The monoisotopic (exact) mass is 251 g/mol. The molecular weight excluding hydrogens is 233 g/mol. The summed E-state index contributed by atoms with van der Waals surface area (Å²) in [5.74, 6) is -0.314. The van der Waals surface area contributed by atoms with Crippen molar-refractivity contribution >= 4 is 11.7 Å². The van der Waals surface area contributed by atoms with Crippen LogP contribution >= 0.6 is 0 Å². The van der Waals surface area contributed by atoms with Crippen LogP contribution in [0.5, 0.6) is 0 Å². The van der Waals surface area contributed by atoms with Gasteiger partial charge in [-0.25, -0.2) is 4.39 Å². The van der Waals surface area contributed by atoms with Crippen molar-refractivity contribution in [1.29, 1.82) is 0 Å². The lowest BCUT2D eigenvalue weighted by Crippen LogP contribution is -2.26. The quantitative estimate of drug-likeness (QED) is 0.806. The SMILES string of the molecule is CC(=O)CCC(=O)N(C)Cc1ccc(F)c(C)c1. The van der Waals surface area contributed by atoms with Crippen molar-refractivity contribution in [3.63, 3.8) is 0 Å². The summed E-state index contributed by atoms with van der Waals surface area (Å²) in [6.45, 7) is 3.59. The Morgan fingerprint density at radius 1 is 1.28 bits per heavy atom. The number of benzene rings is 1. The van der Waals surface area contributed by atoms with E-state index in [1.54, 1.807) is 31.0 Å². The molecule has 0 aliphatic carbocycles. The lowest BCUT2D eigenvalue weighted by molar-refractivity contribution is -0.132. The van der Waals surface area contributed by atoms with Gasteiger partial charge in [0.05, 0.1) is 0 Å². The Labute approximate surface area is 107 Å². The van der Waals surface area contributed by atoms with Gasteiger partial charge in [0.15, 0.2) is 0 Å². The summed E-state index contributed by atoms with van der Waals surface area (Å²) in [5, 5.41) is 0. The van der Waals surface area contributed by atoms with Crippen LogP contribution in [-0.4, -0.2) is 23.6 Å². The minimum atomic E-state index is -0.246. The van der Waals surface area contributed by atoms with Gasteiger partial charge in [-0.1, -0.05) is 12.1 Å². The predicted octanol–water partition coefficient (Wildman–Crippen LogP) is 2.46. The van der Waals surface area contributed by atoms with Crippen LogP contribution in [0.15, 0.2) is 18.2 Å². The van der Waals surface area contributed by atoms with Gasteiger partial charge in [-0.05, 0) is 31.0 Å². The first-order chi connectivity index (χ1) is 8.40. The van der Waals surface area contributed by atoms with Gasteiger partial charge < -0.3 is 9.69 Å². The van der Waals surface area contributed by atoms with Crippen LogP contribution < -0.4 is 0 Å². The maximum Gasteiger partial charge on any atom is 0.223 e. The number of halogens is 1. The summed E-state index contributed by atoms with van der Waals surface area (Å²) in [5.41, 5.74) is 1.45. The Balaban J connectivity index is 2.58. The first-order valence-electron chi connectivity index (χ1n) is 5.88. The summed E-state index contributed by atoms with van der Waals surface area (Å²) < 4.78 is 13.1. The van der Waals surface area contributed by atoms with Crippen molar-refractivity contribution in [1.82, 2.24) is 4.90 Å². The average Bonchev–Trinajstić information content (AvgIpc) is 2.30. The van der Waals surface area contributed by atoms with E-state index in [4.69, 9.17) is 0 Å². The largest absolute Gasteiger partial charge is 0.341 e. The lowest BCUT2D eigenvalue weighted by Gasteiger charge is -2.17. The molecule has 1 rings (SSSR count). The summed E-state index contributed by atoms with van der Waals surface area (Å²) in [4.78, 5) is 24.1. The molecule has 0 bridgehead atoms. The van der Waals surface area contributed by atoms with E-state index < -0.39 is 0 Å². The molecular formula is C14H18FNO2. The zero-order chi connectivity index (χ0) is 13.7. The van der Waals surface area contributed by atoms with Crippen LogP contribution in [0, 0.1) is 12.7 Å². The van der Waals surface area contributed by atoms with Crippen LogP contribution in [0.4, 0.5) is 4.39 Å². The second-order valence-corrected chi connectivity index (χ2v) is 4.54. The maximum absolute atomic E-state index is 13.1. The lowest BCUT2D eigenvalue weighted by atomic mass is 10.1. The highest BCUT2D eigenvalue weighted by atomic mass is 19.1. The molecule has 1 aromatic carbocycles. The molecule has 4 heteroatoms. The van der Waals surface area contributed by atoms with Crippen LogP contribution in [0.25, 0.3) is 0 Å². The average molecular weight is 251 g/mol. The second-order valence-electron chi connectivity index (χ2n) is 4.54. The highest BCUT2D eigenvalue weighted by Crippen LogP contribution is 2.11. The van der Waals surface area contributed by atoms with Crippen molar-refractivity contribution in [3.05, 3.63) is 35.1 Å². The van der Waals surface area contributed by atoms with E-state index in [1.807, 2.05) is 0 Å². The van der Waals surface area contributed by atoms with E-state index in [-0.39, 0.29) is 30.3 Å². The number of hydrogen-bond donors (Lipinski definition) is 0. The topological polar surface area (TPSA) is 37.4 Å². The third-order valence-electron chi connectivity index (χ3n) is 2.76. The number of amides is 1. The van der Waals surface area contributed by atoms with Gasteiger partial charge in [0.2, 0.25) is 5.91 Å². The zero-order valence-electron chi connectivity index (χ0n) is 11.0. The number of carbonyl (C=O) groups is 2. The number of rotatable bonds is 5. The van der Waals surface area contributed by atoms with Crippen LogP contribution in [0.2, 0.25) is 0 Å². The van der Waals surface area contributed by atoms with Crippen molar-refractivity contribution < 1.29 is 14.0 Å². The third kappa shape index (κ3) is 4.28. The van der Waals surface area contributed by atoms with Gasteiger partial charge in [0.1, 0.15) is 11.6 Å². The smallest absolute Gasteiger partial charge is 0.223 e. The van der Waals surface area contributed by atoms with E-state index in [2.05, 4.69) is 0 Å². The van der Waals surface area contributed by atoms with Gasteiger partial charge in [-0.3, -0.25) is 4.79 Å². The number of carbonyl (C=O) groups excluding carboxylic acids is 2. The Morgan fingerprint density at radius 2 is 1.94 bits per heavy atom. The minimum Gasteiger partial charge on any atom is -0.341 e. The number of Topliss-reactive ketones (excluding diaryl/α,β-unsaturated/α-hetero) is 1. The molecule has 0 fully saturated rings. The molecule has 18 heavy (non-hydrogen) atoms. The first-order valence-corrected chi connectivity index (χ1v) is 5.88. The van der Waals surface area contributed by atoms with E-state index in [9.17, 15) is 14.0 Å². The Kier molecular flexibility index (Phi) is 5.01. The molecule has 0 N–H and O–H groups in total. The molecule has 0 radical (unpaired) electrons. The van der Waals surface area contributed by atoms with E-state index >= 15 is 0 Å². The molecule has 0 saturated heterocycles. The third-order valence-corrected chi connectivity index (χ3v) is 2.76. The highest BCUT2D eigenvalue weighted by Gasteiger charge is 2.10. The number of hydrogen-bond acceptors (Lipinski definition) is 2. The van der Waals surface area contributed by atoms with Gasteiger partial charge in [-0.15, -0.1) is 0 Å². The maximum atomic E-state index is 13.1. The molecule has 0 aliphatic heterocycles. The molecule has 0 unspecified atom stereocenters. The van der Waals surface area contributed by atoms with Gasteiger partial charge in [0.25, 0.3) is 0 Å². The summed E-state index contributed by atoms with van der Waals surface area (Å²) in [7, 11) is 1.68. The molecule has 3 nitrogen and oxygen atoms in total. The van der Waals surface area contributed by atoms with E-state index in [0.717, 1.165) is 5.56 Å². The molecule has 0 atom stereocenters. The van der Waals surface area contributed by atoms with Crippen LogP contribution in [-0.2, 0) is 16.1 Å². The first kappa shape index (κ1) is 14.4. The molecule has 98 valence electrons. The Bertz CT molecular complexity index is 457. The van der Waals surface area contributed by atoms with Gasteiger partial charge in [-0.2, -0.15) is 0 Å². The van der Waals surface area contributed by atoms with Gasteiger partial charge in [0, 0.05) is 26.4 Å². The molecule has 0 heterocycles. The Morgan fingerprint density at radius 3 is 2.50 bits per heavy atom. The number of nitrogens with zero attached hydrogens (tertiary/aromatic N) is 1. The fraction of sp³-hybridized carbons (Fsp3) is 0.429. The molecule has 0 saturated carbocycles. The predicted molar refractivity (Wildman–Crippen MR) is 67.5 cm³/mol. The summed E-state index contributed by atoms with van der Waals surface area (Å²) >= 11 is 0. The summed E-state index contributed by atoms with van der Waals surface area (Å²) in [6.07, 6.45) is 0.498. The highest BCUT2D eigenvalue weighted by molar-refractivity contribution is 5.83.